The highest BCUT2D eigenvalue weighted by atomic mass is 32.2. The zero-order valence-electron chi connectivity index (χ0n) is 8.89. The summed E-state index contributed by atoms with van der Waals surface area (Å²) in [6.45, 7) is -3.36. The fraction of sp³-hybridized carbons (Fsp3) is 0.222. The third kappa shape index (κ3) is 3.56. The van der Waals surface area contributed by atoms with E-state index in [1.165, 1.54) is 0 Å². The van der Waals surface area contributed by atoms with Gasteiger partial charge in [-0.3, -0.25) is 0 Å². The fourth-order valence-electron chi connectivity index (χ4n) is 1.13. The lowest BCUT2D eigenvalue weighted by atomic mass is 10.2. The van der Waals surface area contributed by atoms with Crippen LogP contribution in [-0.2, 0) is 9.84 Å². The van der Waals surface area contributed by atoms with E-state index in [4.69, 9.17) is 5.11 Å². The van der Waals surface area contributed by atoms with E-state index in [0.29, 0.717) is 18.2 Å². The zero-order chi connectivity index (χ0) is 14.8. The first-order valence-electron chi connectivity index (χ1n) is 4.50. The van der Waals surface area contributed by atoms with Crippen LogP contribution in [0.5, 0.6) is 5.75 Å². The van der Waals surface area contributed by atoms with E-state index in [2.05, 4.69) is 4.74 Å². The van der Waals surface area contributed by atoms with Gasteiger partial charge in [-0.15, -0.1) is 0 Å². The molecular weight excluding hydrogens is 296 g/mol. The van der Waals surface area contributed by atoms with Crippen LogP contribution in [0.3, 0.4) is 0 Å². The number of halogens is 4. The molecule has 0 saturated heterocycles. The van der Waals surface area contributed by atoms with Gasteiger partial charge in [-0.1, -0.05) is 0 Å². The Balaban J connectivity index is 3.40. The first kappa shape index (κ1) is 15.2. The average Bonchev–Trinajstić information content (AvgIpc) is 2.27. The lowest BCUT2D eigenvalue weighted by molar-refractivity contribution is -0.0500. The molecule has 0 heterocycles. The van der Waals surface area contributed by atoms with E-state index >= 15 is 0 Å². The van der Waals surface area contributed by atoms with E-state index in [1.54, 1.807) is 0 Å². The quantitative estimate of drug-likeness (QED) is 0.841. The molecule has 0 amide bonds. The Kier molecular flexibility index (Phi) is 4.35. The Hall–Kier alpha value is -1.84. The summed E-state index contributed by atoms with van der Waals surface area (Å²) in [6, 6.07) is 1.43. The standard InChI is InChI=1S/C9H6F4O5S/c10-8(11)18-5-1-4(7(14)15)2-6(3-5)19(16,17)9(12)13/h1-3,8-9H,(H,14,15). The molecule has 19 heavy (non-hydrogen) atoms. The predicted molar refractivity (Wildman–Crippen MR) is 53.2 cm³/mol. The van der Waals surface area contributed by atoms with Crippen LogP contribution >= 0.6 is 0 Å². The van der Waals surface area contributed by atoms with Crippen molar-refractivity contribution in [3.8, 4) is 5.75 Å². The van der Waals surface area contributed by atoms with Crippen molar-refractivity contribution in [2.24, 2.45) is 0 Å². The molecule has 0 aromatic heterocycles. The minimum Gasteiger partial charge on any atom is -0.478 e. The van der Waals surface area contributed by atoms with E-state index in [-0.39, 0.29) is 0 Å². The predicted octanol–water partition coefficient (Wildman–Crippen LogP) is 1.98. The number of benzene rings is 1. The second-order valence-electron chi connectivity index (χ2n) is 3.18. The van der Waals surface area contributed by atoms with Crippen molar-refractivity contribution in [2.45, 2.75) is 17.3 Å². The smallest absolute Gasteiger partial charge is 0.387 e. The van der Waals surface area contributed by atoms with Gasteiger partial charge >= 0.3 is 18.3 Å². The molecule has 1 N–H and O–H groups in total. The monoisotopic (exact) mass is 302 g/mol. The van der Waals surface area contributed by atoms with Crippen LogP contribution in [0.15, 0.2) is 23.1 Å². The van der Waals surface area contributed by atoms with Gasteiger partial charge in [0.05, 0.1) is 10.5 Å². The molecule has 10 heteroatoms. The Labute approximate surface area is 104 Å². The van der Waals surface area contributed by atoms with E-state index in [0.717, 1.165) is 0 Å². The summed E-state index contributed by atoms with van der Waals surface area (Å²) in [5, 5.41) is 8.65. The van der Waals surface area contributed by atoms with Gasteiger partial charge < -0.3 is 9.84 Å². The van der Waals surface area contributed by atoms with Crippen LogP contribution < -0.4 is 4.74 Å². The van der Waals surface area contributed by atoms with E-state index in [9.17, 15) is 30.8 Å². The summed E-state index contributed by atoms with van der Waals surface area (Å²) in [5.74, 6) is -6.32. The second kappa shape index (κ2) is 5.43. The van der Waals surface area contributed by atoms with Crippen molar-refractivity contribution in [2.75, 3.05) is 0 Å². The fourth-order valence-corrected chi connectivity index (χ4v) is 1.91. The summed E-state index contributed by atoms with van der Waals surface area (Å²) in [7, 11) is -5.11. The number of carboxylic acid groups (broad SMARTS) is 1. The first-order chi connectivity index (χ1) is 8.64. The number of carbonyl (C=O) groups is 1. The third-order valence-electron chi connectivity index (χ3n) is 1.92. The van der Waals surface area contributed by atoms with E-state index < -0.39 is 44.4 Å². The van der Waals surface area contributed by atoms with Crippen LogP contribution in [0.4, 0.5) is 17.6 Å². The molecule has 0 atom stereocenters. The molecule has 1 rings (SSSR count). The number of ether oxygens (including phenoxy) is 1. The number of hydrogen-bond donors (Lipinski definition) is 1. The Morgan fingerprint density at radius 2 is 1.74 bits per heavy atom. The number of alkyl halides is 4. The Bertz CT molecular complexity index is 584. The van der Waals surface area contributed by atoms with Gasteiger partial charge in [-0.05, 0) is 18.2 Å². The topological polar surface area (TPSA) is 80.7 Å². The number of hydrogen-bond acceptors (Lipinski definition) is 4. The van der Waals surface area contributed by atoms with Crippen LogP contribution in [0.1, 0.15) is 10.4 Å². The van der Waals surface area contributed by atoms with Gasteiger partial charge in [0.2, 0.25) is 9.84 Å². The van der Waals surface area contributed by atoms with Gasteiger partial charge in [-0.25, -0.2) is 13.2 Å². The van der Waals surface area contributed by atoms with Crippen molar-refractivity contribution in [1.82, 2.24) is 0 Å². The number of aromatic carboxylic acids is 1. The molecule has 0 unspecified atom stereocenters. The number of sulfone groups is 1. The maximum Gasteiger partial charge on any atom is 0.387 e. The summed E-state index contributed by atoms with van der Waals surface area (Å²) in [5.41, 5.74) is -0.766. The Morgan fingerprint density at radius 3 is 2.16 bits per heavy atom. The van der Waals surface area contributed by atoms with Gasteiger partial charge in [0.25, 0.3) is 0 Å². The molecule has 0 spiro atoms. The molecule has 0 fully saturated rings. The third-order valence-corrected chi connectivity index (χ3v) is 3.28. The lowest BCUT2D eigenvalue weighted by Crippen LogP contribution is -2.13. The summed E-state index contributed by atoms with van der Waals surface area (Å²) >= 11 is 0. The zero-order valence-corrected chi connectivity index (χ0v) is 9.70. The van der Waals surface area contributed by atoms with Crippen molar-refractivity contribution in [1.29, 1.82) is 0 Å². The molecule has 0 saturated carbocycles. The largest absolute Gasteiger partial charge is 0.478 e. The molecule has 1 aromatic carbocycles. The minimum atomic E-state index is -5.11. The second-order valence-corrected chi connectivity index (χ2v) is 5.10. The highest BCUT2D eigenvalue weighted by Crippen LogP contribution is 2.26. The van der Waals surface area contributed by atoms with Gasteiger partial charge in [0.15, 0.2) is 0 Å². The maximum absolute atomic E-state index is 12.3. The normalized spacial score (nSPS) is 11.9. The summed E-state index contributed by atoms with van der Waals surface area (Å²) < 4.78 is 74.7. The minimum absolute atomic E-state index is 0.403. The summed E-state index contributed by atoms with van der Waals surface area (Å²) in [6.07, 6.45) is 0. The highest BCUT2D eigenvalue weighted by molar-refractivity contribution is 7.91. The first-order valence-corrected chi connectivity index (χ1v) is 6.04. The van der Waals surface area contributed by atoms with Crippen LogP contribution in [0.25, 0.3) is 0 Å². The Morgan fingerprint density at radius 1 is 1.16 bits per heavy atom. The van der Waals surface area contributed by atoms with Crippen molar-refractivity contribution in [3.05, 3.63) is 23.8 Å². The molecule has 0 aliphatic rings. The molecule has 0 aliphatic heterocycles. The molecular formula is C9H6F4O5S. The van der Waals surface area contributed by atoms with Gasteiger partial charge in [0.1, 0.15) is 5.75 Å². The molecule has 0 bridgehead atoms. The molecule has 106 valence electrons. The summed E-state index contributed by atoms with van der Waals surface area (Å²) in [4.78, 5) is 9.55. The van der Waals surface area contributed by atoms with Crippen molar-refractivity contribution in [3.63, 3.8) is 0 Å². The highest BCUT2D eigenvalue weighted by Gasteiger charge is 2.28. The number of rotatable bonds is 5. The van der Waals surface area contributed by atoms with Crippen LogP contribution in [0.2, 0.25) is 0 Å². The molecule has 0 aliphatic carbocycles. The average molecular weight is 302 g/mol. The van der Waals surface area contributed by atoms with Crippen LogP contribution in [0, 0.1) is 0 Å². The van der Waals surface area contributed by atoms with Gasteiger partial charge in [0, 0.05) is 0 Å². The van der Waals surface area contributed by atoms with Crippen molar-refractivity contribution < 1.29 is 40.6 Å². The number of carboxylic acids is 1. The van der Waals surface area contributed by atoms with Crippen LogP contribution in [-0.4, -0.2) is 31.9 Å². The molecule has 5 nitrogen and oxygen atoms in total. The van der Waals surface area contributed by atoms with Crippen molar-refractivity contribution >= 4 is 15.8 Å². The maximum atomic E-state index is 12.3. The van der Waals surface area contributed by atoms with Gasteiger partial charge in [-0.2, -0.15) is 17.6 Å². The molecule has 0 radical (unpaired) electrons. The SMILES string of the molecule is O=C(O)c1cc(OC(F)F)cc(S(=O)(=O)C(F)F)c1. The lowest BCUT2D eigenvalue weighted by Gasteiger charge is -2.09. The van der Waals surface area contributed by atoms with E-state index in [1.807, 2.05) is 0 Å². The molecule has 1 aromatic rings.